The van der Waals surface area contributed by atoms with Gasteiger partial charge in [-0.1, -0.05) is 49.6 Å². The second-order valence-corrected chi connectivity index (χ2v) is 5.44. The Bertz CT molecular complexity index is 596. The highest BCUT2D eigenvalue weighted by Gasteiger charge is 2.08. The lowest BCUT2D eigenvalue weighted by atomic mass is 10.2. The first-order valence-corrected chi connectivity index (χ1v) is 7.09. The van der Waals surface area contributed by atoms with Crippen LogP contribution in [-0.4, -0.2) is 19.7 Å². The zero-order chi connectivity index (χ0) is 14.5. The number of aryl methyl sites for hydroxylation is 1. The third-order valence-corrected chi connectivity index (χ3v) is 3.89. The fraction of sp³-hybridized carbons (Fsp3) is 0.188. The van der Waals surface area contributed by atoms with Gasteiger partial charge >= 0.3 is 0 Å². The molecule has 0 amide bonds. The van der Waals surface area contributed by atoms with Crippen molar-refractivity contribution in [3.8, 4) is 11.5 Å². The van der Waals surface area contributed by atoms with Crippen molar-refractivity contribution in [3.63, 3.8) is 0 Å². The second kappa shape index (κ2) is 6.56. The quantitative estimate of drug-likeness (QED) is 0.809. The molecule has 0 aliphatic rings. The normalized spacial score (nSPS) is 11.3. The predicted octanol–water partition coefficient (Wildman–Crippen LogP) is 2.12. The molecule has 0 saturated carbocycles. The number of ether oxygens (including phenoxy) is 2. The molecule has 3 nitrogen and oxygen atoms in total. The summed E-state index contributed by atoms with van der Waals surface area (Å²) < 4.78 is 10.5. The van der Waals surface area contributed by atoms with Crippen LogP contribution in [0.4, 0.5) is 0 Å². The minimum absolute atomic E-state index is 0.0387. The van der Waals surface area contributed by atoms with Crippen molar-refractivity contribution >= 4 is 19.0 Å². The van der Waals surface area contributed by atoms with Gasteiger partial charge in [-0.3, -0.25) is 0 Å². The van der Waals surface area contributed by atoms with E-state index in [1.165, 1.54) is 5.56 Å². The lowest BCUT2D eigenvalue weighted by Gasteiger charge is -2.19. The maximum Gasteiger partial charge on any atom is 0.129 e. The van der Waals surface area contributed by atoms with E-state index in [1.54, 1.807) is 32.4 Å². The predicted molar refractivity (Wildman–Crippen MR) is 81.4 cm³/mol. The molecule has 2 aromatic rings. The van der Waals surface area contributed by atoms with Crippen LogP contribution in [0.1, 0.15) is 11.1 Å². The Morgan fingerprint density at radius 1 is 0.950 bits per heavy atom. The topological polar surface area (TPSA) is 41.5 Å². The van der Waals surface area contributed by atoms with Crippen LogP contribution in [-0.2, 0) is 0 Å². The SMILES string of the molecule is COc1cccc(OC)c1C([O-])=Pc1ccc(C)cc1. The summed E-state index contributed by atoms with van der Waals surface area (Å²) in [6.07, 6.45) is 0. The molecule has 2 rings (SSSR count). The van der Waals surface area contributed by atoms with Crippen LogP contribution < -0.4 is 19.9 Å². The van der Waals surface area contributed by atoms with Crippen LogP contribution in [0.3, 0.4) is 0 Å². The number of rotatable bonds is 4. The average Bonchev–Trinajstić information content (AvgIpc) is 2.48. The molecule has 4 heteroatoms. The molecule has 0 saturated heterocycles. The Balaban J connectivity index is 2.46. The van der Waals surface area contributed by atoms with E-state index in [1.807, 2.05) is 31.2 Å². The molecule has 2 aromatic carbocycles. The van der Waals surface area contributed by atoms with E-state index in [9.17, 15) is 5.11 Å². The molecule has 0 heterocycles. The molecule has 0 atom stereocenters. The van der Waals surface area contributed by atoms with Gasteiger partial charge < -0.3 is 14.6 Å². The Morgan fingerprint density at radius 3 is 2.00 bits per heavy atom. The summed E-state index contributed by atoms with van der Waals surface area (Å²) in [7, 11) is 3.71. The molecular weight excluding hydrogens is 271 g/mol. The highest BCUT2D eigenvalue weighted by molar-refractivity contribution is 7.49. The van der Waals surface area contributed by atoms with E-state index in [0.29, 0.717) is 25.3 Å². The van der Waals surface area contributed by atoms with Gasteiger partial charge in [-0.2, -0.15) is 0 Å². The van der Waals surface area contributed by atoms with Crippen molar-refractivity contribution < 1.29 is 14.6 Å². The van der Waals surface area contributed by atoms with E-state index in [2.05, 4.69) is 0 Å². The van der Waals surface area contributed by atoms with Crippen molar-refractivity contribution in [1.82, 2.24) is 0 Å². The van der Waals surface area contributed by atoms with Gasteiger partial charge in [0.05, 0.1) is 14.2 Å². The van der Waals surface area contributed by atoms with Gasteiger partial charge in [-0.05, 0) is 19.1 Å². The Hall–Kier alpha value is -1.83. The van der Waals surface area contributed by atoms with E-state index in [4.69, 9.17) is 9.47 Å². The molecule has 0 unspecified atom stereocenters. The average molecular weight is 287 g/mol. The smallest absolute Gasteiger partial charge is 0.129 e. The van der Waals surface area contributed by atoms with Gasteiger partial charge in [0.25, 0.3) is 0 Å². The van der Waals surface area contributed by atoms with Crippen LogP contribution in [0.15, 0.2) is 42.5 Å². The fourth-order valence-electron chi connectivity index (χ4n) is 1.85. The van der Waals surface area contributed by atoms with Crippen molar-refractivity contribution in [3.05, 3.63) is 53.6 Å². The first-order chi connectivity index (χ1) is 9.65. The van der Waals surface area contributed by atoms with Crippen molar-refractivity contribution in [1.29, 1.82) is 0 Å². The van der Waals surface area contributed by atoms with Gasteiger partial charge in [-0.15, -0.1) is 0 Å². The molecular formula is C16H16O3P-. The maximum absolute atomic E-state index is 12.5. The molecule has 0 aromatic heterocycles. The first kappa shape index (κ1) is 14.6. The van der Waals surface area contributed by atoms with Crippen LogP contribution in [0.2, 0.25) is 0 Å². The molecule has 104 valence electrons. The van der Waals surface area contributed by atoms with Crippen molar-refractivity contribution in [2.24, 2.45) is 0 Å². The monoisotopic (exact) mass is 287 g/mol. The first-order valence-electron chi connectivity index (χ1n) is 6.19. The lowest BCUT2D eigenvalue weighted by molar-refractivity contribution is -0.207. The molecule has 20 heavy (non-hydrogen) atoms. The van der Waals surface area contributed by atoms with Crippen LogP contribution in [0.25, 0.3) is 0 Å². The Kier molecular flexibility index (Phi) is 4.78. The van der Waals surface area contributed by atoms with Gasteiger partial charge in [-0.25, -0.2) is 0 Å². The number of hydrogen-bond acceptors (Lipinski definition) is 3. The van der Waals surface area contributed by atoms with Gasteiger partial charge in [0.2, 0.25) is 0 Å². The summed E-state index contributed by atoms with van der Waals surface area (Å²) in [6, 6.07) is 13.2. The van der Waals surface area contributed by atoms with E-state index >= 15 is 0 Å². The number of methoxy groups -OCH3 is 2. The second-order valence-electron chi connectivity index (χ2n) is 4.29. The third-order valence-electron chi connectivity index (χ3n) is 2.91. The molecule has 0 radical (unpaired) electrons. The fourth-order valence-corrected chi connectivity index (χ4v) is 2.72. The minimum atomic E-state index is -0.0387. The molecule has 0 bridgehead atoms. The van der Waals surface area contributed by atoms with Gasteiger partial charge in [0, 0.05) is 10.9 Å². The van der Waals surface area contributed by atoms with Crippen LogP contribution in [0, 0.1) is 6.92 Å². The lowest BCUT2D eigenvalue weighted by Crippen LogP contribution is -2.19. The highest BCUT2D eigenvalue weighted by atomic mass is 31.1. The van der Waals surface area contributed by atoms with Gasteiger partial charge in [0.1, 0.15) is 11.5 Å². The largest absolute Gasteiger partial charge is 0.823 e. The van der Waals surface area contributed by atoms with E-state index < -0.39 is 0 Å². The summed E-state index contributed by atoms with van der Waals surface area (Å²) in [6.45, 7) is 2.02. The molecule has 0 spiro atoms. The standard InChI is InChI=1S/C16H17O3P/c1-11-7-9-12(10-8-11)20-16(17)15-13(18-2)5-4-6-14(15)19-3/h4-10,17H,1-3H3/p-1. The molecule has 0 aliphatic heterocycles. The highest BCUT2D eigenvalue weighted by Crippen LogP contribution is 2.29. The Morgan fingerprint density at radius 2 is 1.50 bits per heavy atom. The van der Waals surface area contributed by atoms with E-state index in [0.717, 1.165) is 5.30 Å². The minimum Gasteiger partial charge on any atom is -0.823 e. The molecule has 0 N–H and O–H groups in total. The van der Waals surface area contributed by atoms with Gasteiger partial charge in [0.15, 0.2) is 0 Å². The number of benzene rings is 2. The summed E-state index contributed by atoms with van der Waals surface area (Å²) in [5.74, 6) is 1.07. The zero-order valence-corrected chi connectivity index (χ0v) is 12.6. The maximum atomic E-state index is 12.5. The molecule has 0 aliphatic carbocycles. The summed E-state index contributed by atoms with van der Waals surface area (Å²) >= 11 is 0. The zero-order valence-electron chi connectivity index (χ0n) is 11.7. The van der Waals surface area contributed by atoms with E-state index in [-0.39, 0.29) is 5.48 Å². The number of hydrogen-bond donors (Lipinski definition) is 0. The van der Waals surface area contributed by atoms with Crippen LogP contribution in [0.5, 0.6) is 11.5 Å². The molecule has 0 fully saturated rings. The Labute approximate surface area is 120 Å². The van der Waals surface area contributed by atoms with Crippen molar-refractivity contribution in [2.75, 3.05) is 14.2 Å². The van der Waals surface area contributed by atoms with Crippen LogP contribution >= 0.6 is 8.20 Å². The van der Waals surface area contributed by atoms with Crippen molar-refractivity contribution in [2.45, 2.75) is 6.92 Å². The third kappa shape index (κ3) is 3.19. The summed E-state index contributed by atoms with van der Waals surface area (Å²) in [5, 5.41) is 13.4. The summed E-state index contributed by atoms with van der Waals surface area (Å²) in [4.78, 5) is 0. The summed E-state index contributed by atoms with van der Waals surface area (Å²) in [5.41, 5.74) is 1.62.